The first kappa shape index (κ1) is 13.2. The summed E-state index contributed by atoms with van der Waals surface area (Å²) in [7, 11) is 1.74. The Hall–Kier alpha value is 0.157. The van der Waals surface area contributed by atoms with Crippen molar-refractivity contribution in [2.24, 2.45) is 7.05 Å². The summed E-state index contributed by atoms with van der Waals surface area (Å²) in [6, 6.07) is 1.46. The van der Waals surface area contributed by atoms with Gasteiger partial charge in [-0.3, -0.25) is 0 Å². The molecule has 0 saturated heterocycles. The van der Waals surface area contributed by atoms with E-state index in [1.54, 1.807) is 0 Å². The van der Waals surface area contributed by atoms with E-state index in [1.165, 1.54) is 19.0 Å². The number of hydrogen-bond acceptors (Lipinski definition) is 0. The SMILES string of the molecule is Cn1cc[n+](CCC[SiH](C)C)c1.[I-]. The summed E-state index contributed by atoms with van der Waals surface area (Å²) in [5.41, 5.74) is 0. The molecule has 0 fully saturated rings. The fourth-order valence-electron chi connectivity index (χ4n) is 1.32. The Morgan fingerprint density at radius 2 is 2.08 bits per heavy atom. The van der Waals surface area contributed by atoms with Crippen LogP contribution in [0.3, 0.4) is 0 Å². The number of hydrogen-bond donors (Lipinski definition) is 0. The molecule has 0 atom stereocenters. The van der Waals surface area contributed by atoms with E-state index >= 15 is 0 Å². The fourth-order valence-corrected chi connectivity index (χ4v) is 2.32. The largest absolute Gasteiger partial charge is 1.00 e. The highest BCUT2D eigenvalue weighted by atomic mass is 127. The summed E-state index contributed by atoms with van der Waals surface area (Å²) in [4.78, 5) is 0. The van der Waals surface area contributed by atoms with Crippen LogP contribution < -0.4 is 28.5 Å². The lowest BCUT2D eigenvalue weighted by Gasteiger charge is -1.99. The number of nitrogens with zero attached hydrogens (tertiary/aromatic N) is 2. The van der Waals surface area contributed by atoms with Gasteiger partial charge in [-0.1, -0.05) is 19.1 Å². The summed E-state index contributed by atoms with van der Waals surface area (Å²) < 4.78 is 4.35. The van der Waals surface area contributed by atoms with Crippen LogP contribution in [0.4, 0.5) is 0 Å². The second-order valence-electron chi connectivity index (χ2n) is 3.85. The van der Waals surface area contributed by atoms with Crippen LogP contribution in [0, 0.1) is 0 Å². The molecule has 2 nitrogen and oxygen atoms in total. The zero-order chi connectivity index (χ0) is 8.97. The molecular formula is C9H19IN2Si. The highest BCUT2D eigenvalue weighted by molar-refractivity contribution is 6.55. The molecule has 0 N–H and O–H groups in total. The summed E-state index contributed by atoms with van der Waals surface area (Å²) in [6.07, 6.45) is 7.72. The molecule has 0 aromatic carbocycles. The van der Waals surface area contributed by atoms with Crippen molar-refractivity contribution < 1.29 is 28.5 Å². The van der Waals surface area contributed by atoms with Gasteiger partial charge in [-0.05, 0) is 6.42 Å². The number of aryl methyl sites for hydroxylation is 2. The van der Waals surface area contributed by atoms with Crippen molar-refractivity contribution >= 4 is 8.80 Å². The van der Waals surface area contributed by atoms with Crippen molar-refractivity contribution in [3.8, 4) is 0 Å². The third-order valence-electron chi connectivity index (χ3n) is 2.02. The quantitative estimate of drug-likeness (QED) is 0.352. The molecule has 4 heteroatoms. The van der Waals surface area contributed by atoms with Crippen LogP contribution in [0.5, 0.6) is 0 Å². The lowest BCUT2D eigenvalue weighted by atomic mass is 10.5. The molecule has 1 aromatic rings. The first-order valence-electron chi connectivity index (χ1n) is 4.69. The van der Waals surface area contributed by atoms with Crippen molar-refractivity contribution in [1.29, 1.82) is 0 Å². The minimum atomic E-state index is -0.325. The molecule has 1 aromatic heterocycles. The van der Waals surface area contributed by atoms with E-state index in [2.05, 4.69) is 48.0 Å². The van der Waals surface area contributed by atoms with Crippen LogP contribution in [-0.2, 0) is 13.6 Å². The topological polar surface area (TPSA) is 8.81 Å². The first-order valence-corrected chi connectivity index (χ1v) is 7.82. The van der Waals surface area contributed by atoms with E-state index in [1.807, 2.05) is 0 Å². The Morgan fingerprint density at radius 1 is 1.38 bits per heavy atom. The van der Waals surface area contributed by atoms with Crippen molar-refractivity contribution in [1.82, 2.24) is 4.57 Å². The summed E-state index contributed by atoms with van der Waals surface area (Å²) in [5, 5.41) is 0. The average molecular weight is 310 g/mol. The third-order valence-corrected chi connectivity index (χ3v) is 3.58. The molecule has 0 aliphatic carbocycles. The standard InChI is InChI=1S/C9H19N2Si.HI/c1-10-6-7-11(9-10)5-4-8-12(2)3;/h6-7,9,12H,4-5,8H2,1-3H3;1H/q+1;/p-1. The second-order valence-corrected chi connectivity index (χ2v) is 7.22. The smallest absolute Gasteiger partial charge is 0.243 e. The van der Waals surface area contributed by atoms with Gasteiger partial charge in [-0.2, -0.15) is 0 Å². The van der Waals surface area contributed by atoms with Gasteiger partial charge in [0, 0.05) is 8.80 Å². The number of halogens is 1. The minimum absolute atomic E-state index is 0. The van der Waals surface area contributed by atoms with Gasteiger partial charge in [0.15, 0.2) is 0 Å². The molecule has 0 radical (unpaired) electrons. The maximum absolute atomic E-state index is 2.41. The van der Waals surface area contributed by atoms with E-state index in [0.717, 1.165) is 0 Å². The van der Waals surface area contributed by atoms with Gasteiger partial charge in [0.2, 0.25) is 6.33 Å². The molecule has 0 unspecified atom stereocenters. The van der Waals surface area contributed by atoms with E-state index in [9.17, 15) is 0 Å². The van der Waals surface area contributed by atoms with Crippen molar-refractivity contribution in [3.63, 3.8) is 0 Å². The van der Waals surface area contributed by atoms with E-state index < -0.39 is 0 Å². The lowest BCUT2D eigenvalue weighted by molar-refractivity contribution is -0.696. The van der Waals surface area contributed by atoms with Crippen LogP contribution in [0.25, 0.3) is 0 Å². The predicted octanol–water partition coefficient (Wildman–Crippen LogP) is -1.81. The van der Waals surface area contributed by atoms with E-state index in [4.69, 9.17) is 0 Å². The van der Waals surface area contributed by atoms with Crippen LogP contribution in [0.2, 0.25) is 19.1 Å². The Kier molecular flexibility index (Phi) is 6.67. The normalized spacial score (nSPS) is 10.2. The van der Waals surface area contributed by atoms with Crippen LogP contribution >= 0.6 is 0 Å². The first-order chi connectivity index (χ1) is 5.68. The van der Waals surface area contributed by atoms with Crippen LogP contribution in [0.1, 0.15) is 6.42 Å². The van der Waals surface area contributed by atoms with Crippen molar-refractivity contribution in [2.75, 3.05) is 0 Å². The molecule has 0 spiro atoms. The Balaban J connectivity index is 0.00000144. The zero-order valence-corrected chi connectivity index (χ0v) is 12.0. The van der Waals surface area contributed by atoms with Gasteiger partial charge >= 0.3 is 0 Å². The highest BCUT2D eigenvalue weighted by Gasteiger charge is 2.00. The molecule has 1 rings (SSSR count). The van der Waals surface area contributed by atoms with Crippen molar-refractivity contribution in [3.05, 3.63) is 18.7 Å². The molecule has 0 amide bonds. The monoisotopic (exact) mass is 310 g/mol. The van der Waals surface area contributed by atoms with Crippen molar-refractivity contribution in [2.45, 2.75) is 32.1 Å². The molecule has 0 aliphatic rings. The summed E-state index contributed by atoms with van der Waals surface area (Å²) >= 11 is 0. The van der Waals surface area contributed by atoms with E-state index in [-0.39, 0.29) is 32.8 Å². The van der Waals surface area contributed by atoms with Gasteiger partial charge in [-0.25, -0.2) is 9.13 Å². The molecule has 76 valence electrons. The minimum Gasteiger partial charge on any atom is -1.00 e. The number of imidazole rings is 1. The number of rotatable bonds is 4. The molecule has 0 bridgehead atoms. The summed E-state index contributed by atoms with van der Waals surface area (Å²) in [6.45, 7) is 6.01. The average Bonchev–Trinajstić information content (AvgIpc) is 2.35. The number of aromatic nitrogens is 2. The Bertz CT molecular complexity index is 235. The molecular weight excluding hydrogens is 291 g/mol. The Morgan fingerprint density at radius 3 is 2.54 bits per heavy atom. The lowest BCUT2D eigenvalue weighted by Crippen LogP contribution is -3.00. The highest BCUT2D eigenvalue weighted by Crippen LogP contribution is 1.96. The zero-order valence-electron chi connectivity index (χ0n) is 8.70. The predicted molar refractivity (Wildman–Crippen MR) is 53.9 cm³/mol. The molecule has 0 saturated carbocycles. The van der Waals surface area contributed by atoms with Gasteiger partial charge in [-0.15, -0.1) is 0 Å². The van der Waals surface area contributed by atoms with Gasteiger partial charge in [0.25, 0.3) is 0 Å². The van der Waals surface area contributed by atoms with Crippen LogP contribution in [-0.4, -0.2) is 13.4 Å². The maximum atomic E-state index is 2.41. The Labute approximate surface area is 99.6 Å². The maximum Gasteiger partial charge on any atom is 0.243 e. The third kappa shape index (κ3) is 5.46. The molecule has 13 heavy (non-hydrogen) atoms. The van der Waals surface area contributed by atoms with Gasteiger partial charge < -0.3 is 24.0 Å². The molecule has 0 aliphatic heterocycles. The van der Waals surface area contributed by atoms with Gasteiger partial charge in [0.05, 0.1) is 13.6 Å². The van der Waals surface area contributed by atoms with Gasteiger partial charge in [0.1, 0.15) is 12.4 Å². The second kappa shape index (κ2) is 6.59. The van der Waals surface area contributed by atoms with Crippen LogP contribution in [0.15, 0.2) is 18.7 Å². The van der Waals surface area contributed by atoms with E-state index in [0.29, 0.717) is 0 Å². The fraction of sp³-hybridized carbons (Fsp3) is 0.667. The molecule has 1 heterocycles. The summed E-state index contributed by atoms with van der Waals surface area (Å²) in [5.74, 6) is 0.